The number of nitrogens with two attached hydrogens (primary N) is 1. The molecular weight excluding hydrogens is 181 g/mol. The zero-order valence-corrected chi connectivity index (χ0v) is 8.59. The number of benzene rings is 1. The van der Waals surface area contributed by atoms with E-state index in [1.807, 2.05) is 6.07 Å². The van der Waals surface area contributed by atoms with E-state index in [9.17, 15) is 4.39 Å². The maximum Gasteiger partial charge on any atom is 0.165 e. The van der Waals surface area contributed by atoms with Crippen LogP contribution in [0.15, 0.2) is 18.2 Å². The predicted molar refractivity (Wildman–Crippen MR) is 54.8 cm³/mol. The van der Waals surface area contributed by atoms with Crippen LogP contribution in [0, 0.1) is 5.82 Å². The first-order chi connectivity index (χ1) is 6.69. The van der Waals surface area contributed by atoms with E-state index in [0.717, 1.165) is 18.4 Å². The van der Waals surface area contributed by atoms with Crippen molar-refractivity contribution in [2.24, 2.45) is 5.73 Å². The van der Waals surface area contributed by atoms with Crippen molar-refractivity contribution in [3.05, 3.63) is 29.6 Å². The van der Waals surface area contributed by atoms with Gasteiger partial charge in [-0.15, -0.1) is 0 Å². The van der Waals surface area contributed by atoms with Gasteiger partial charge in [-0.05, 0) is 24.1 Å². The van der Waals surface area contributed by atoms with E-state index in [1.54, 1.807) is 6.07 Å². The SMILES string of the molecule is CCCC(N)c1ccc(OC)c(F)c1. The molecule has 1 rings (SSSR count). The van der Waals surface area contributed by atoms with Crippen LogP contribution in [0.25, 0.3) is 0 Å². The molecule has 0 aliphatic rings. The highest BCUT2D eigenvalue weighted by atomic mass is 19.1. The molecule has 0 aliphatic heterocycles. The highest BCUT2D eigenvalue weighted by molar-refractivity contribution is 5.30. The Morgan fingerprint density at radius 3 is 2.71 bits per heavy atom. The topological polar surface area (TPSA) is 35.2 Å². The molecule has 0 aliphatic carbocycles. The largest absolute Gasteiger partial charge is 0.494 e. The fourth-order valence-corrected chi connectivity index (χ4v) is 1.39. The molecule has 14 heavy (non-hydrogen) atoms. The maximum atomic E-state index is 13.3. The Labute approximate surface area is 83.9 Å². The van der Waals surface area contributed by atoms with E-state index in [-0.39, 0.29) is 17.6 Å². The van der Waals surface area contributed by atoms with Crippen LogP contribution in [0.3, 0.4) is 0 Å². The first-order valence-corrected chi connectivity index (χ1v) is 4.78. The van der Waals surface area contributed by atoms with E-state index in [1.165, 1.54) is 13.2 Å². The molecular formula is C11H16FNO. The van der Waals surface area contributed by atoms with Crippen LogP contribution in [0.5, 0.6) is 5.75 Å². The summed E-state index contributed by atoms with van der Waals surface area (Å²) in [6.45, 7) is 2.06. The van der Waals surface area contributed by atoms with Gasteiger partial charge in [0.1, 0.15) is 0 Å². The van der Waals surface area contributed by atoms with Crippen molar-refractivity contribution in [2.75, 3.05) is 7.11 Å². The molecule has 0 radical (unpaired) electrons. The van der Waals surface area contributed by atoms with Gasteiger partial charge in [0.25, 0.3) is 0 Å². The molecule has 0 bridgehead atoms. The number of hydrogen-bond donors (Lipinski definition) is 1. The molecule has 1 aromatic carbocycles. The quantitative estimate of drug-likeness (QED) is 0.805. The second kappa shape index (κ2) is 4.96. The van der Waals surface area contributed by atoms with E-state index < -0.39 is 0 Å². The standard InChI is InChI=1S/C11H16FNO/c1-3-4-10(13)8-5-6-11(14-2)9(12)7-8/h5-7,10H,3-4,13H2,1-2H3. The van der Waals surface area contributed by atoms with Gasteiger partial charge in [0, 0.05) is 6.04 Å². The molecule has 0 saturated heterocycles. The second-order valence-corrected chi connectivity index (χ2v) is 3.29. The van der Waals surface area contributed by atoms with Gasteiger partial charge in [-0.2, -0.15) is 0 Å². The highest BCUT2D eigenvalue weighted by Gasteiger charge is 2.08. The van der Waals surface area contributed by atoms with Crippen LogP contribution in [0.4, 0.5) is 4.39 Å². The maximum absolute atomic E-state index is 13.3. The number of methoxy groups -OCH3 is 1. The van der Waals surface area contributed by atoms with Crippen molar-refractivity contribution in [1.29, 1.82) is 0 Å². The van der Waals surface area contributed by atoms with Gasteiger partial charge in [0.15, 0.2) is 11.6 Å². The lowest BCUT2D eigenvalue weighted by atomic mass is 10.0. The fourth-order valence-electron chi connectivity index (χ4n) is 1.39. The van der Waals surface area contributed by atoms with Gasteiger partial charge < -0.3 is 10.5 Å². The average Bonchev–Trinajstić information content (AvgIpc) is 2.18. The Morgan fingerprint density at radius 1 is 1.50 bits per heavy atom. The van der Waals surface area contributed by atoms with Crippen molar-refractivity contribution >= 4 is 0 Å². The third-order valence-electron chi connectivity index (χ3n) is 2.20. The molecule has 2 nitrogen and oxygen atoms in total. The number of rotatable bonds is 4. The summed E-state index contributed by atoms with van der Waals surface area (Å²) in [7, 11) is 1.45. The van der Waals surface area contributed by atoms with Gasteiger partial charge >= 0.3 is 0 Å². The molecule has 0 aromatic heterocycles. The van der Waals surface area contributed by atoms with Crippen LogP contribution in [0.2, 0.25) is 0 Å². The number of halogens is 1. The first kappa shape index (κ1) is 11.0. The van der Waals surface area contributed by atoms with Crippen molar-refractivity contribution in [2.45, 2.75) is 25.8 Å². The molecule has 0 fully saturated rings. The van der Waals surface area contributed by atoms with Gasteiger partial charge in [-0.1, -0.05) is 19.4 Å². The molecule has 1 aromatic rings. The lowest BCUT2D eigenvalue weighted by molar-refractivity contribution is 0.385. The monoisotopic (exact) mass is 197 g/mol. The molecule has 0 saturated carbocycles. The van der Waals surface area contributed by atoms with Crippen LogP contribution in [0.1, 0.15) is 31.4 Å². The lowest BCUT2D eigenvalue weighted by Gasteiger charge is -2.11. The molecule has 2 N–H and O–H groups in total. The average molecular weight is 197 g/mol. The van der Waals surface area contributed by atoms with E-state index in [2.05, 4.69) is 6.92 Å². The Balaban J connectivity index is 2.85. The minimum Gasteiger partial charge on any atom is -0.494 e. The Kier molecular flexibility index (Phi) is 3.89. The summed E-state index contributed by atoms with van der Waals surface area (Å²) in [5.74, 6) is -0.0889. The van der Waals surface area contributed by atoms with Gasteiger partial charge in [-0.25, -0.2) is 4.39 Å². The van der Waals surface area contributed by atoms with Crippen molar-refractivity contribution < 1.29 is 9.13 Å². The van der Waals surface area contributed by atoms with Crippen molar-refractivity contribution in [3.8, 4) is 5.75 Å². The minimum absolute atomic E-state index is 0.0830. The molecule has 0 heterocycles. The molecule has 1 atom stereocenters. The highest BCUT2D eigenvalue weighted by Crippen LogP contribution is 2.22. The molecule has 0 amide bonds. The Bertz CT molecular complexity index is 301. The summed E-state index contributed by atoms with van der Waals surface area (Å²) in [6.07, 6.45) is 1.86. The smallest absolute Gasteiger partial charge is 0.165 e. The summed E-state index contributed by atoms with van der Waals surface area (Å²) >= 11 is 0. The van der Waals surface area contributed by atoms with Crippen LogP contribution in [-0.2, 0) is 0 Å². The third kappa shape index (κ3) is 2.45. The first-order valence-electron chi connectivity index (χ1n) is 4.78. The van der Waals surface area contributed by atoms with Gasteiger partial charge in [0.2, 0.25) is 0 Å². The molecule has 0 spiro atoms. The van der Waals surface area contributed by atoms with Crippen LogP contribution in [-0.4, -0.2) is 7.11 Å². The number of ether oxygens (including phenoxy) is 1. The molecule has 3 heteroatoms. The number of hydrogen-bond acceptors (Lipinski definition) is 2. The normalized spacial score (nSPS) is 12.6. The van der Waals surface area contributed by atoms with Crippen LogP contribution >= 0.6 is 0 Å². The van der Waals surface area contributed by atoms with Crippen LogP contribution < -0.4 is 10.5 Å². The Hall–Kier alpha value is -1.09. The molecule has 1 unspecified atom stereocenters. The minimum atomic E-state index is -0.350. The predicted octanol–water partition coefficient (Wildman–Crippen LogP) is 2.63. The third-order valence-corrected chi connectivity index (χ3v) is 2.20. The van der Waals surface area contributed by atoms with Gasteiger partial charge in [-0.3, -0.25) is 0 Å². The van der Waals surface area contributed by atoms with Crippen molar-refractivity contribution in [1.82, 2.24) is 0 Å². The summed E-state index contributed by atoms with van der Waals surface area (Å²) < 4.78 is 18.1. The van der Waals surface area contributed by atoms with E-state index in [4.69, 9.17) is 10.5 Å². The lowest BCUT2D eigenvalue weighted by Crippen LogP contribution is -2.10. The van der Waals surface area contributed by atoms with Gasteiger partial charge in [0.05, 0.1) is 7.11 Å². The van der Waals surface area contributed by atoms with E-state index >= 15 is 0 Å². The molecule has 78 valence electrons. The summed E-state index contributed by atoms with van der Waals surface area (Å²) in [5.41, 5.74) is 6.68. The fraction of sp³-hybridized carbons (Fsp3) is 0.455. The summed E-state index contributed by atoms with van der Waals surface area (Å²) in [4.78, 5) is 0. The Morgan fingerprint density at radius 2 is 2.21 bits per heavy atom. The summed E-state index contributed by atoms with van der Waals surface area (Å²) in [6, 6.07) is 4.78. The summed E-state index contributed by atoms with van der Waals surface area (Å²) in [5, 5.41) is 0. The zero-order chi connectivity index (χ0) is 10.6. The van der Waals surface area contributed by atoms with E-state index in [0.29, 0.717) is 0 Å². The second-order valence-electron chi connectivity index (χ2n) is 3.29. The van der Waals surface area contributed by atoms with Crippen molar-refractivity contribution in [3.63, 3.8) is 0 Å². The zero-order valence-electron chi connectivity index (χ0n) is 8.59.